The molecule has 0 bridgehead atoms. The Bertz CT molecular complexity index is 743. The van der Waals surface area contributed by atoms with Gasteiger partial charge in [0.15, 0.2) is 0 Å². The number of carbonyl (C=O) groups is 1. The molecule has 98 valence electrons. The van der Waals surface area contributed by atoms with Crippen molar-refractivity contribution in [3.8, 4) is 0 Å². The summed E-state index contributed by atoms with van der Waals surface area (Å²) < 4.78 is 0. The van der Waals surface area contributed by atoms with E-state index in [1.54, 1.807) is 6.20 Å². The summed E-state index contributed by atoms with van der Waals surface area (Å²) in [6, 6.07) is 9.88. The van der Waals surface area contributed by atoms with Gasteiger partial charge in [-0.3, -0.25) is 14.8 Å². The number of amides is 1. The average molecular weight is 264 g/mol. The number of fused-ring (bicyclic) bond motifs is 1. The molecule has 5 heteroatoms. The van der Waals surface area contributed by atoms with Crippen LogP contribution in [0.25, 0.3) is 10.9 Å². The van der Waals surface area contributed by atoms with Crippen LogP contribution in [0.15, 0.2) is 55.1 Å². The summed E-state index contributed by atoms with van der Waals surface area (Å²) in [6.07, 6.45) is 6.23. The van der Waals surface area contributed by atoms with Crippen molar-refractivity contribution in [3.63, 3.8) is 0 Å². The molecule has 0 atom stereocenters. The normalized spacial score (nSPS) is 10.4. The first kappa shape index (κ1) is 12.2. The maximum atomic E-state index is 11.8. The summed E-state index contributed by atoms with van der Waals surface area (Å²) in [5.41, 5.74) is 2.19. The van der Waals surface area contributed by atoms with Gasteiger partial charge in [-0.1, -0.05) is 18.2 Å². The average Bonchev–Trinajstić information content (AvgIpc) is 2.53. The molecule has 3 rings (SSSR count). The van der Waals surface area contributed by atoms with Crippen LogP contribution in [-0.4, -0.2) is 20.9 Å². The van der Waals surface area contributed by atoms with Crippen LogP contribution >= 0.6 is 0 Å². The summed E-state index contributed by atoms with van der Waals surface area (Å²) in [4.78, 5) is 24.0. The molecule has 0 aliphatic rings. The highest BCUT2D eigenvalue weighted by atomic mass is 16.1. The van der Waals surface area contributed by atoms with E-state index in [1.165, 1.54) is 18.6 Å². The maximum absolute atomic E-state index is 11.8. The molecule has 5 nitrogen and oxygen atoms in total. The third-order valence-corrected chi connectivity index (χ3v) is 2.90. The van der Waals surface area contributed by atoms with Gasteiger partial charge in [-0.25, -0.2) is 4.98 Å². The Morgan fingerprint density at radius 2 is 2.00 bits per heavy atom. The summed E-state index contributed by atoms with van der Waals surface area (Å²) in [7, 11) is 0. The van der Waals surface area contributed by atoms with Crippen LogP contribution < -0.4 is 5.32 Å². The van der Waals surface area contributed by atoms with Gasteiger partial charge in [-0.2, -0.15) is 0 Å². The van der Waals surface area contributed by atoms with Gasteiger partial charge in [0, 0.05) is 30.5 Å². The molecule has 1 aromatic carbocycles. The quantitative estimate of drug-likeness (QED) is 0.785. The van der Waals surface area contributed by atoms with E-state index >= 15 is 0 Å². The molecule has 2 heterocycles. The second kappa shape index (κ2) is 5.44. The van der Waals surface area contributed by atoms with Crippen molar-refractivity contribution in [3.05, 3.63) is 66.4 Å². The van der Waals surface area contributed by atoms with Crippen molar-refractivity contribution in [1.82, 2.24) is 20.3 Å². The number of benzene rings is 1. The van der Waals surface area contributed by atoms with Crippen LogP contribution in [0.1, 0.15) is 16.1 Å². The van der Waals surface area contributed by atoms with E-state index in [9.17, 15) is 4.79 Å². The fraction of sp³-hybridized carbons (Fsp3) is 0.0667. The van der Waals surface area contributed by atoms with Crippen LogP contribution in [0.3, 0.4) is 0 Å². The molecule has 1 amide bonds. The highest BCUT2D eigenvalue weighted by Gasteiger charge is 2.06. The molecule has 20 heavy (non-hydrogen) atoms. The number of aromatic nitrogens is 3. The lowest BCUT2D eigenvalue weighted by Crippen LogP contribution is -2.23. The molecular formula is C15H12N4O. The van der Waals surface area contributed by atoms with Crippen molar-refractivity contribution < 1.29 is 4.79 Å². The van der Waals surface area contributed by atoms with E-state index in [4.69, 9.17) is 0 Å². The van der Waals surface area contributed by atoms with Crippen LogP contribution in [0.2, 0.25) is 0 Å². The Hall–Kier alpha value is -2.82. The lowest BCUT2D eigenvalue weighted by atomic mass is 10.1. The van der Waals surface area contributed by atoms with Crippen LogP contribution in [-0.2, 0) is 6.54 Å². The second-order valence-corrected chi connectivity index (χ2v) is 4.31. The molecule has 0 spiro atoms. The first-order valence-electron chi connectivity index (χ1n) is 6.21. The largest absolute Gasteiger partial charge is 0.347 e. The van der Waals surface area contributed by atoms with Crippen molar-refractivity contribution in [2.24, 2.45) is 0 Å². The lowest BCUT2D eigenvalue weighted by Gasteiger charge is -2.05. The number of para-hydroxylation sites is 1. The molecule has 0 radical (unpaired) electrons. The highest BCUT2D eigenvalue weighted by Crippen LogP contribution is 2.12. The van der Waals surface area contributed by atoms with E-state index < -0.39 is 0 Å². The number of rotatable bonds is 3. The van der Waals surface area contributed by atoms with Gasteiger partial charge in [-0.15, -0.1) is 0 Å². The Kier molecular flexibility index (Phi) is 3.33. The van der Waals surface area contributed by atoms with E-state index in [0.29, 0.717) is 12.2 Å². The van der Waals surface area contributed by atoms with Crippen LogP contribution in [0, 0.1) is 0 Å². The van der Waals surface area contributed by atoms with E-state index in [0.717, 1.165) is 16.5 Å². The summed E-state index contributed by atoms with van der Waals surface area (Å²) in [5.74, 6) is -0.244. The predicted octanol–water partition coefficient (Wildman–Crippen LogP) is 1.95. The number of carbonyl (C=O) groups excluding carboxylic acids is 1. The smallest absolute Gasteiger partial charge is 0.271 e. The lowest BCUT2D eigenvalue weighted by molar-refractivity contribution is 0.0945. The molecule has 0 saturated carbocycles. The zero-order valence-corrected chi connectivity index (χ0v) is 10.7. The number of hydrogen-bond donors (Lipinski definition) is 1. The van der Waals surface area contributed by atoms with Gasteiger partial charge in [0.05, 0.1) is 11.7 Å². The zero-order valence-electron chi connectivity index (χ0n) is 10.7. The van der Waals surface area contributed by atoms with Crippen molar-refractivity contribution in [1.29, 1.82) is 0 Å². The first-order chi connectivity index (χ1) is 9.83. The van der Waals surface area contributed by atoms with Crippen molar-refractivity contribution in [2.45, 2.75) is 6.54 Å². The topological polar surface area (TPSA) is 67.8 Å². The van der Waals surface area contributed by atoms with Crippen LogP contribution in [0.5, 0.6) is 0 Å². The Morgan fingerprint density at radius 3 is 2.85 bits per heavy atom. The Balaban J connectivity index is 1.72. The maximum Gasteiger partial charge on any atom is 0.271 e. The molecule has 2 aromatic heterocycles. The molecule has 0 aliphatic heterocycles. The van der Waals surface area contributed by atoms with Gasteiger partial charge >= 0.3 is 0 Å². The van der Waals surface area contributed by atoms with Crippen molar-refractivity contribution >= 4 is 16.8 Å². The third kappa shape index (κ3) is 2.61. The number of nitrogens with one attached hydrogen (secondary N) is 1. The van der Waals surface area contributed by atoms with Crippen LogP contribution in [0.4, 0.5) is 0 Å². The molecule has 3 aromatic rings. The molecule has 1 N–H and O–H groups in total. The minimum absolute atomic E-state index is 0.244. The predicted molar refractivity (Wildman–Crippen MR) is 74.9 cm³/mol. The highest BCUT2D eigenvalue weighted by molar-refractivity contribution is 5.91. The third-order valence-electron chi connectivity index (χ3n) is 2.90. The van der Waals surface area contributed by atoms with Crippen molar-refractivity contribution in [2.75, 3.05) is 0 Å². The standard InChI is InChI=1S/C15H12N4O/c20-15(14-10-16-5-6-17-14)19-9-11-7-12-3-1-2-4-13(12)18-8-11/h1-8,10H,9H2,(H,19,20). The SMILES string of the molecule is O=C(NCc1cnc2ccccc2c1)c1cnccn1. The minimum Gasteiger partial charge on any atom is -0.347 e. The number of hydrogen-bond acceptors (Lipinski definition) is 4. The summed E-state index contributed by atoms with van der Waals surface area (Å²) >= 11 is 0. The molecule has 0 unspecified atom stereocenters. The molecule has 0 aliphatic carbocycles. The fourth-order valence-corrected chi connectivity index (χ4v) is 1.90. The number of nitrogens with zero attached hydrogens (tertiary/aromatic N) is 3. The molecular weight excluding hydrogens is 252 g/mol. The monoisotopic (exact) mass is 264 g/mol. The van der Waals surface area contributed by atoms with Gasteiger partial charge < -0.3 is 5.32 Å². The second-order valence-electron chi connectivity index (χ2n) is 4.31. The zero-order chi connectivity index (χ0) is 13.8. The van der Waals surface area contributed by atoms with E-state index in [-0.39, 0.29) is 5.91 Å². The minimum atomic E-state index is -0.244. The fourth-order valence-electron chi connectivity index (χ4n) is 1.90. The van der Waals surface area contributed by atoms with E-state index in [1.807, 2.05) is 30.3 Å². The molecule has 0 saturated heterocycles. The van der Waals surface area contributed by atoms with Gasteiger partial charge in [0.2, 0.25) is 0 Å². The number of pyridine rings is 1. The van der Waals surface area contributed by atoms with Gasteiger partial charge in [0.25, 0.3) is 5.91 Å². The Labute approximate surface area is 115 Å². The first-order valence-corrected chi connectivity index (χ1v) is 6.21. The summed E-state index contributed by atoms with van der Waals surface area (Å²) in [6.45, 7) is 0.410. The van der Waals surface area contributed by atoms with Gasteiger partial charge in [0.1, 0.15) is 5.69 Å². The Morgan fingerprint density at radius 1 is 1.10 bits per heavy atom. The van der Waals surface area contributed by atoms with Gasteiger partial charge in [-0.05, 0) is 17.7 Å². The molecule has 0 fully saturated rings. The summed E-state index contributed by atoms with van der Waals surface area (Å²) in [5, 5.41) is 3.85. The van der Waals surface area contributed by atoms with E-state index in [2.05, 4.69) is 20.3 Å².